The normalized spacial score (nSPS) is 12.3. The van der Waals surface area contributed by atoms with Crippen LogP contribution in [0.2, 0.25) is 0 Å². The Morgan fingerprint density at radius 1 is 1.19 bits per heavy atom. The highest BCUT2D eigenvalue weighted by Gasteiger charge is 2.07. The fraction of sp³-hybridized carbons (Fsp3) is 0.421. The lowest BCUT2D eigenvalue weighted by Gasteiger charge is -2.18. The molecule has 1 aromatic carbocycles. The first-order valence-electron chi connectivity index (χ1n) is 8.60. The van der Waals surface area contributed by atoms with E-state index in [4.69, 9.17) is 14.3 Å². The van der Waals surface area contributed by atoms with Crippen LogP contribution in [0.3, 0.4) is 0 Å². The van der Waals surface area contributed by atoms with Crippen molar-refractivity contribution in [3.8, 4) is 0 Å². The summed E-state index contributed by atoms with van der Waals surface area (Å²) in [5, 5.41) is 15.5. The van der Waals surface area contributed by atoms with Crippen LogP contribution in [0.5, 0.6) is 0 Å². The average molecular weight is 473 g/mol. The Bertz CT molecular complexity index is 606. The minimum Gasteiger partial charge on any atom is -0.469 e. The molecule has 1 aromatic heterocycles. The highest BCUT2D eigenvalue weighted by Crippen LogP contribution is 2.10. The summed E-state index contributed by atoms with van der Waals surface area (Å²) in [7, 11) is 0. The molecule has 0 radical (unpaired) electrons. The second kappa shape index (κ2) is 13.6. The summed E-state index contributed by atoms with van der Waals surface area (Å²) < 4.78 is 10.6. The molecule has 0 bridgehead atoms. The van der Waals surface area contributed by atoms with Crippen molar-refractivity contribution >= 4 is 29.9 Å². The summed E-state index contributed by atoms with van der Waals surface area (Å²) in [4.78, 5) is 4.54. The number of hydrogen-bond acceptors (Lipinski definition) is 4. The van der Waals surface area contributed by atoms with E-state index in [0.29, 0.717) is 19.8 Å². The van der Waals surface area contributed by atoms with Gasteiger partial charge in [-0.3, -0.25) is 4.99 Å². The SMILES string of the molecule is CC(NC(=NCCOCCO)NCCc1ccco1)c1ccccc1.I. The Labute approximate surface area is 172 Å². The number of nitrogens with zero attached hydrogens (tertiary/aromatic N) is 1. The van der Waals surface area contributed by atoms with Gasteiger partial charge < -0.3 is 24.9 Å². The number of benzene rings is 1. The monoisotopic (exact) mass is 473 g/mol. The van der Waals surface area contributed by atoms with Crippen LogP contribution < -0.4 is 10.6 Å². The zero-order valence-corrected chi connectivity index (χ0v) is 17.4. The van der Waals surface area contributed by atoms with Crippen molar-refractivity contribution in [2.75, 3.05) is 32.9 Å². The molecular weight excluding hydrogens is 445 g/mol. The molecule has 0 saturated heterocycles. The highest BCUT2D eigenvalue weighted by molar-refractivity contribution is 14.0. The van der Waals surface area contributed by atoms with Gasteiger partial charge in [0.05, 0.1) is 38.7 Å². The van der Waals surface area contributed by atoms with Crippen molar-refractivity contribution in [3.63, 3.8) is 0 Å². The quantitative estimate of drug-likeness (QED) is 0.214. The third-order valence-corrected chi connectivity index (χ3v) is 3.64. The van der Waals surface area contributed by atoms with E-state index in [0.717, 1.165) is 24.7 Å². The van der Waals surface area contributed by atoms with Gasteiger partial charge in [0.15, 0.2) is 5.96 Å². The fourth-order valence-electron chi connectivity index (χ4n) is 2.33. The topological polar surface area (TPSA) is 79.0 Å². The molecule has 0 saturated carbocycles. The summed E-state index contributed by atoms with van der Waals surface area (Å²) in [5.74, 6) is 1.67. The van der Waals surface area contributed by atoms with Gasteiger partial charge >= 0.3 is 0 Å². The van der Waals surface area contributed by atoms with Crippen LogP contribution in [0.1, 0.15) is 24.3 Å². The molecule has 0 aliphatic heterocycles. The van der Waals surface area contributed by atoms with Gasteiger partial charge in [-0.05, 0) is 24.6 Å². The van der Waals surface area contributed by atoms with Gasteiger partial charge in [-0.1, -0.05) is 30.3 Å². The van der Waals surface area contributed by atoms with E-state index < -0.39 is 0 Å². The van der Waals surface area contributed by atoms with Crippen LogP contribution in [-0.4, -0.2) is 44.0 Å². The minimum absolute atomic E-state index is 0. The predicted molar refractivity (Wildman–Crippen MR) is 114 cm³/mol. The van der Waals surface area contributed by atoms with Gasteiger partial charge in [0.1, 0.15) is 5.76 Å². The van der Waals surface area contributed by atoms with E-state index in [-0.39, 0.29) is 36.6 Å². The second-order valence-corrected chi connectivity index (χ2v) is 5.60. The lowest BCUT2D eigenvalue weighted by Crippen LogP contribution is -2.40. The lowest BCUT2D eigenvalue weighted by atomic mass is 10.1. The summed E-state index contributed by atoms with van der Waals surface area (Å²) in [6, 6.07) is 14.2. The first-order valence-corrected chi connectivity index (χ1v) is 8.60. The third kappa shape index (κ3) is 8.68. The first kappa shape index (κ1) is 22.5. The molecule has 1 unspecified atom stereocenters. The van der Waals surface area contributed by atoms with Crippen LogP contribution in [0.25, 0.3) is 0 Å². The molecule has 1 heterocycles. The van der Waals surface area contributed by atoms with E-state index in [1.54, 1.807) is 6.26 Å². The lowest BCUT2D eigenvalue weighted by molar-refractivity contribution is 0.0977. The summed E-state index contributed by atoms with van der Waals surface area (Å²) in [5.41, 5.74) is 1.19. The smallest absolute Gasteiger partial charge is 0.191 e. The van der Waals surface area contributed by atoms with Crippen LogP contribution >= 0.6 is 24.0 Å². The van der Waals surface area contributed by atoms with Crippen molar-refractivity contribution in [2.24, 2.45) is 4.99 Å². The van der Waals surface area contributed by atoms with Gasteiger partial charge in [-0.25, -0.2) is 0 Å². The molecule has 3 N–H and O–H groups in total. The van der Waals surface area contributed by atoms with E-state index >= 15 is 0 Å². The van der Waals surface area contributed by atoms with Crippen LogP contribution in [0.15, 0.2) is 58.1 Å². The average Bonchev–Trinajstić information content (AvgIpc) is 3.15. The van der Waals surface area contributed by atoms with E-state index in [9.17, 15) is 0 Å². The Hall–Kier alpha value is -1.58. The molecular formula is C19H28IN3O3. The number of aliphatic imine (C=N–C) groups is 1. The number of guanidine groups is 1. The van der Waals surface area contributed by atoms with Crippen LogP contribution in [-0.2, 0) is 11.2 Å². The molecule has 2 rings (SSSR count). The number of halogens is 1. The van der Waals surface area contributed by atoms with E-state index in [1.165, 1.54) is 5.56 Å². The van der Waals surface area contributed by atoms with Crippen molar-refractivity contribution in [3.05, 3.63) is 60.1 Å². The molecule has 0 aliphatic rings. The largest absolute Gasteiger partial charge is 0.469 e. The molecule has 26 heavy (non-hydrogen) atoms. The van der Waals surface area contributed by atoms with Gasteiger partial charge in [0, 0.05) is 13.0 Å². The maximum atomic E-state index is 8.73. The Kier molecular flexibility index (Phi) is 11.7. The first-order chi connectivity index (χ1) is 12.3. The second-order valence-electron chi connectivity index (χ2n) is 5.60. The molecule has 1 atom stereocenters. The molecule has 2 aromatic rings. The van der Waals surface area contributed by atoms with Crippen molar-refractivity contribution in [1.82, 2.24) is 10.6 Å². The third-order valence-electron chi connectivity index (χ3n) is 3.64. The molecule has 144 valence electrons. The van der Waals surface area contributed by atoms with Gasteiger partial charge in [-0.2, -0.15) is 0 Å². The molecule has 0 aliphatic carbocycles. The molecule has 0 spiro atoms. The summed E-state index contributed by atoms with van der Waals surface area (Å²) in [6.45, 7) is 4.19. The number of aliphatic hydroxyl groups excluding tert-OH is 1. The molecule has 0 amide bonds. The van der Waals surface area contributed by atoms with Gasteiger partial charge in [0.25, 0.3) is 0 Å². The Morgan fingerprint density at radius 2 is 2.00 bits per heavy atom. The Balaban J connectivity index is 0.00000338. The Morgan fingerprint density at radius 3 is 2.69 bits per heavy atom. The van der Waals surface area contributed by atoms with E-state index in [2.05, 4.69) is 34.7 Å². The molecule has 7 heteroatoms. The zero-order valence-electron chi connectivity index (χ0n) is 15.1. The molecule has 6 nitrogen and oxygen atoms in total. The fourth-order valence-corrected chi connectivity index (χ4v) is 2.33. The van der Waals surface area contributed by atoms with Crippen LogP contribution in [0.4, 0.5) is 0 Å². The van der Waals surface area contributed by atoms with Crippen LogP contribution in [0, 0.1) is 0 Å². The summed E-state index contributed by atoms with van der Waals surface area (Å²) in [6.07, 6.45) is 2.47. The number of furan rings is 1. The van der Waals surface area contributed by atoms with Crippen molar-refractivity contribution < 1.29 is 14.3 Å². The zero-order chi connectivity index (χ0) is 17.7. The maximum absolute atomic E-state index is 8.73. The number of hydrogen-bond donors (Lipinski definition) is 3. The maximum Gasteiger partial charge on any atom is 0.191 e. The highest BCUT2D eigenvalue weighted by atomic mass is 127. The standard InChI is InChI=1S/C19H27N3O3.HI/c1-16(17-6-3-2-4-7-17)22-19(21-11-14-24-15-12-23)20-10-9-18-8-5-13-25-18;/h2-8,13,16,23H,9-12,14-15H2,1H3,(H2,20,21,22);1H. The number of rotatable bonds is 10. The van der Waals surface area contributed by atoms with Crippen molar-refractivity contribution in [2.45, 2.75) is 19.4 Å². The predicted octanol–water partition coefficient (Wildman–Crippen LogP) is 2.75. The van der Waals surface area contributed by atoms with Gasteiger partial charge in [0.2, 0.25) is 0 Å². The van der Waals surface area contributed by atoms with Crippen molar-refractivity contribution in [1.29, 1.82) is 0 Å². The number of ether oxygens (including phenoxy) is 1. The number of aliphatic hydroxyl groups is 1. The van der Waals surface area contributed by atoms with E-state index in [1.807, 2.05) is 30.3 Å². The molecule has 0 fully saturated rings. The number of nitrogens with one attached hydrogen (secondary N) is 2. The van der Waals surface area contributed by atoms with Gasteiger partial charge in [-0.15, -0.1) is 24.0 Å². The summed E-state index contributed by atoms with van der Waals surface area (Å²) >= 11 is 0. The minimum atomic E-state index is 0.